The van der Waals surface area contributed by atoms with Crippen molar-refractivity contribution >= 4 is 35.4 Å². The first-order valence-electron chi connectivity index (χ1n) is 9.54. The van der Waals surface area contributed by atoms with E-state index in [2.05, 4.69) is 85.4 Å². The summed E-state index contributed by atoms with van der Waals surface area (Å²) in [6, 6.07) is 13.5. The zero-order chi connectivity index (χ0) is 17.7. The van der Waals surface area contributed by atoms with Gasteiger partial charge in [-0.05, 0) is 52.4 Å². The Morgan fingerprint density at radius 3 is 2.58 bits per heavy atom. The summed E-state index contributed by atoms with van der Waals surface area (Å²) in [7, 11) is 6.65. The minimum atomic E-state index is 1.16. The van der Waals surface area contributed by atoms with Crippen LogP contribution in [-0.2, 0) is 14.1 Å². The van der Waals surface area contributed by atoms with Crippen LogP contribution in [0.25, 0.3) is 22.4 Å². The predicted octanol–water partition coefficient (Wildman–Crippen LogP) is 3.71. The van der Waals surface area contributed by atoms with E-state index in [9.17, 15) is 0 Å². The molecular formula is C23H23BN2. The van der Waals surface area contributed by atoms with E-state index in [1.54, 1.807) is 0 Å². The van der Waals surface area contributed by atoms with Crippen molar-refractivity contribution < 1.29 is 4.57 Å². The number of hydrogen-bond donors (Lipinski definition) is 0. The van der Waals surface area contributed by atoms with Crippen LogP contribution in [-0.4, -0.2) is 11.8 Å². The summed E-state index contributed by atoms with van der Waals surface area (Å²) < 4.78 is 4.41. The number of imidazole rings is 1. The molecule has 5 rings (SSSR count). The monoisotopic (exact) mass is 338 g/mol. The van der Waals surface area contributed by atoms with E-state index in [0.29, 0.717) is 0 Å². The Hall–Kier alpha value is -2.55. The van der Waals surface area contributed by atoms with Crippen LogP contribution in [0, 0.1) is 0 Å². The van der Waals surface area contributed by atoms with E-state index >= 15 is 0 Å². The lowest BCUT2D eigenvalue weighted by molar-refractivity contribution is -0.652. The highest BCUT2D eigenvalue weighted by Crippen LogP contribution is 2.44. The average molecular weight is 338 g/mol. The van der Waals surface area contributed by atoms with Gasteiger partial charge in [-0.3, -0.25) is 14.6 Å². The molecular weight excluding hydrogens is 315 g/mol. The normalized spacial score (nSPS) is 16.5. The van der Waals surface area contributed by atoms with Crippen LogP contribution in [0.4, 0.5) is 0 Å². The van der Waals surface area contributed by atoms with Crippen molar-refractivity contribution in [1.29, 1.82) is 0 Å². The first-order valence-corrected chi connectivity index (χ1v) is 9.54. The van der Waals surface area contributed by atoms with E-state index in [0.717, 1.165) is 6.42 Å². The molecule has 0 saturated heterocycles. The molecule has 2 aromatic carbocycles. The Labute approximate surface area is 155 Å². The van der Waals surface area contributed by atoms with Crippen molar-refractivity contribution in [3.8, 4) is 0 Å². The van der Waals surface area contributed by atoms with Crippen LogP contribution in [0.1, 0.15) is 36.8 Å². The predicted molar refractivity (Wildman–Crippen MR) is 109 cm³/mol. The van der Waals surface area contributed by atoms with Gasteiger partial charge in [-0.2, -0.15) is 7.28 Å². The first kappa shape index (κ1) is 15.7. The van der Waals surface area contributed by atoms with Crippen molar-refractivity contribution in [2.24, 2.45) is 14.1 Å². The summed E-state index contributed by atoms with van der Waals surface area (Å²) in [6.07, 6.45) is 11.6. The molecule has 3 aromatic rings. The maximum Gasteiger partial charge on any atom is 0.125 e. The number of benzene rings is 2. The van der Waals surface area contributed by atoms with Crippen molar-refractivity contribution in [3.63, 3.8) is 0 Å². The zero-order valence-corrected chi connectivity index (χ0v) is 15.5. The van der Waals surface area contributed by atoms with E-state index in [1.807, 2.05) is 0 Å². The van der Waals surface area contributed by atoms with Gasteiger partial charge in [0.05, 0.1) is 14.1 Å². The number of aryl methyl sites for hydroxylation is 2. The van der Waals surface area contributed by atoms with Crippen molar-refractivity contribution in [1.82, 2.24) is 4.57 Å². The number of allylic oxidation sites excluding steroid dienone is 3. The molecule has 0 amide bonds. The standard InChI is InChI=1S/C23H23BN2/c1-25-11-12-26(2)23(25)24-21-10-6-5-9-18-14-19-13-16-7-3-4-8-17(16)15-20(19)22(18)21/h3-4,7-8,11-15H,5-6,9-10H2,1-2H3. The molecule has 0 N–H and O–H groups in total. The van der Waals surface area contributed by atoms with Gasteiger partial charge in [0.1, 0.15) is 12.4 Å². The van der Waals surface area contributed by atoms with Crippen molar-refractivity contribution in [2.45, 2.75) is 25.7 Å². The van der Waals surface area contributed by atoms with Gasteiger partial charge in [0.25, 0.3) is 0 Å². The maximum atomic E-state index is 2.43. The molecule has 1 aromatic heterocycles. The summed E-state index contributed by atoms with van der Waals surface area (Å²) in [5.41, 5.74) is 8.56. The smallest absolute Gasteiger partial charge is 0.125 e. The Kier molecular flexibility index (Phi) is 3.63. The Morgan fingerprint density at radius 2 is 1.81 bits per heavy atom. The molecule has 0 bridgehead atoms. The van der Waals surface area contributed by atoms with Crippen molar-refractivity contribution in [2.75, 3.05) is 0 Å². The maximum absolute atomic E-state index is 2.43. The molecule has 0 aliphatic heterocycles. The highest BCUT2D eigenvalue weighted by molar-refractivity contribution is 6.60. The lowest BCUT2D eigenvalue weighted by atomic mass is 9.64. The van der Waals surface area contributed by atoms with Gasteiger partial charge in [-0.25, -0.2) is 0 Å². The molecule has 0 unspecified atom stereocenters. The number of fused-ring (bicyclic) bond motifs is 4. The molecule has 3 heteroatoms. The second-order valence-electron chi connectivity index (χ2n) is 7.59. The van der Waals surface area contributed by atoms with Crippen molar-refractivity contribution in [3.05, 3.63) is 71.0 Å². The first-order chi connectivity index (χ1) is 12.7. The molecule has 0 fully saturated rings. The number of hydrogen-bond acceptors (Lipinski definition) is 0. The molecule has 0 saturated carbocycles. The number of rotatable bonds is 2. The fraction of sp³-hybridized carbons (Fsp3) is 0.261. The summed E-state index contributed by atoms with van der Waals surface area (Å²) in [5, 5.41) is 2.67. The quantitative estimate of drug-likeness (QED) is 0.498. The second-order valence-corrected chi connectivity index (χ2v) is 7.59. The van der Waals surface area contributed by atoms with Gasteiger partial charge in [-0.15, -0.1) is 0 Å². The molecule has 1 heterocycles. The molecule has 2 aliphatic rings. The molecule has 128 valence electrons. The highest BCUT2D eigenvalue weighted by atomic mass is 15.1. The van der Waals surface area contributed by atoms with E-state index in [4.69, 9.17) is 0 Å². The highest BCUT2D eigenvalue weighted by Gasteiger charge is 2.21. The Morgan fingerprint density at radius 1 is 1.04 bits per heavy atom. The van der Waals surface area contributed by atoms with Crippen LogP contribution >= 0.6 is 0 Å². The second kappa shape index (κ2) is 6.01. The summed E-state index contributed by atoms with van der Waals surface area (Å²) >= 11 is 0. The summed E-state index contributed by atoms with van der Waals surface area (Å²) in [5.74, 6) is 0. The molecule has 2 nitrogen and oxygen atoms in total. The molecule has 2 aliphatic carbocycles. The summed E-state index contributed by atoms with van der Waals surface area (Å²) in [6.45, 7) is 0. The minimum absolute atomic E-state index is 1.16. The fourth-order valence-electron chi connectivity index (χ4n) is 4.46. The average Bonchev–Trinajstić information content (AvgIpc) is 3.07. The third-order valence-corrected chi connectivity index (χ3v) is 5.84. The topological polar surface area (TPSA) is 8.81 Å². The van der Waals surface area contributed by atoms with E-state index in [-0.39, 0.29) is 0 Å². The van der Waals surface area contributed by atoms with Gasteiger partial charge in [0.2, 0.25) is 0 Å². The van der Waals surface area contributed by atoms with Crippen LogP contribution < -0.4 is 10.3 Å². The van der Waals surface area contributed by atoms with E-state index in [1.165, 1.54) is 63.5 Å². The minimum Gasteiger partial charge on any atom is -0.280 e. The lowest BCUT2D eigenvalue weighted by Crippen LogP contribution is -2.50. The zero-order valence-electron chi connectivity index (χ0n) is 15.5. The van der Waals surface area contributed by atoms with Crippen LogP contribution in [0.15, 0.2) is 59.8 Å². The van der Waals surface area contributed by atoms with Gasteiger partial charge >= 0.3 is 0 Å². The molecule has 2 radical (unpaired) electrons. The van der Waals surface area contributed by atoms with Gasteiger partial charge in [0.15, 0.2) is 0 Å². The molecule has 0 atom stereocenters. The van der Waals surface area contributed by atoms with Gasteiger partial charge in [0, 0.05) is 5.72 Å². The Bertz CT molecular complexity index is 1070. The van der Waals surface area contributed by atoms with Crippen LogP contribution in [0.5, 0.6) is 0 Å². The molecule has 26 heavy (non-hydrogen) atoms. The number of aromatic nitrogens is 2. The summed E-state index contributed by atoms with van der Waals surface area (Å²) in [4.78, 5) is 0. The largest absolute Gasteiger partial charge is 0.280 e. The van der Waals surface area contributed by atoms with Gasteiger partial charge in [-0.1, -0.05) is 48.8 Å². The third-order valence-electron chi connectivity index (χ3n) is 5.84. The third kappa shape index (κ3) is 2.46. The van der Waals surface area contributed by atoms with Gasteiger partial charge < -0.3 is 0 Å². The van der Waals surface area contributed by atoms with E-state index < -0.39 is 0 Å². The SMILES string of the molecule is Cn1cc[n+](C)c1[B-]C1=C2C(=Cc3cc4ccccc4cc32)CCCC1. The molecule has 0 spiro atoms. The van der Waals surface area contributed by atoms with Crippen LogP contribution in [0.2, 0.25) is 0 Å². The Balaban J connectivity index is 1.70. The lowest BCUT2D eigenvalue weighted by Gasteiger charge is -2.23. The fourth-order valence-corrected chi connectivity index (χ4v) is 4.46. The number of nitrogens with zero attached hydrogens (tertiary/aromatic N) is 2. The van der Waals surface area contributed by atoms with Crippen LogP contribution in [0.3, 0.4) is 0 Å².